The van der Waals surface area contributed by atoms with Gasteiger partial charge < -0.3 is 15.0 Å². The predicted octanol–water partition coefficient (Wildman–Crippen LogP) is 3.62. The summed E-state index contributed by atoms with van der Waals surface area (Å²) in [7, 11) is 5.42. The summed E-state index contributed by atoms with van der Waals surface area (Å²) < 4.78 is 18.6. The first-order valence-corrected chi connectivity index (χ1v) is 7.10. The highest BCUT2D eigenvalue weighted by atomic mass is 35.5. The predicted molar refractivity (Wildman–Crippen MR) is 81.7 cm³/mol. The minimum Gasteiger partial charge on any atom is -0.480 e. The largest absolute Gasteiger partial charge is 0.480 e. The number of halogens is 2. The van der Waals surface area contributed by atoms with Crippen LogP contribution in [0.25, 0.3) is 0 Å². The summed E-state index contributed by atoms with van der Waals surface area (Å²) in [5.74, 6) is 0.141. The minimum atomic E-state index is -0.443. The monoisotopic (exact) mass is 315 g/mol. The van der Waals surface area contributed by atoms with Crippen molar-refractivity contribution in [2.24, 2.45) is 0 Å². The molecule has 1 N–H and O–H groups in total. The average Bonchev–Trinajstić information content (AvgIpc) is 2.83. The minimum absolute atomic E-state index is 0.112. The number of methoxy groups -OCH3 is 1. The van der Waals surface area contributed by atoms with Crippen molar-refractivity contribution in [3.8, 4) is 5.88 Å². The molecule has 0 aliphatic rings. The van der Waals surface area contributed by atoms with Gasteiger partial charge in [0.15, 0.2) is 5.13 Å². The molecular weight excluding hydrogens is 301 g/mol. The van der Waals surface area contributed by atoms with Crippen LogP contribution in [0.15, 0.2) is 18.2 Å². The van der Waals surface area contributed by atoms with Gasteiger partial charge in [-0.15, -0.1) is 0 Å². The topological polar surface area (TPSA) is 37.4 Å². The molecule has 2 rings (SSSR count). The standard InChI is InChI=1S/C13H15ClFN3OS/c1-18(2)13-17-12(19-3)11(20-13)7-16-8-4-5-9(14)10(15)6-8/h4-6,16H,7H2,1-3H3. The van der Waals surface area contributed by atoms with Gasteiger partial charge in [0.05, 0.1) is 23.6 Å². The Morgan fingerprint density at radius 3 is 2.80 bits per heavy atom. The van der Waals surface area contributed by atoms with E-state index in [9.17, 15) is 4.39 Å². The van der Waals surface area contributed by atoms with E-state index in [1.807, 2.05) is 19.0 Å². The maximum Gasteiger partial charge on any atom is 0.231 e. The Balaban J connectivity index is 2.11. The molecule has 0 fully saturated rings. The van der Waals surface area contributed by atoms with Gasteiger partial charge in [-0.05, 0) is 18.2 Å². The van der Waals surface area contributed by atoms with Gasteiger partial charge in [-0.25, -0.2) is 4.39 Å². The quantitative estimate of drug-likeness (QED) is 0.914. The zero-order valence-electron chi connectivity index (χ0n) is 11.4. The van der Waals surface area contributed by atoms with Crippen molar-refractivity contribution in [3.63, 3.8) is 0 Å². The van der Waals surface area contributed by atoms with Crippen molar-refractivity contribution in [1.82, 2.24) is 4.98 Å². The zero-order valence-corrected chi connectivity index (χ0v) is 13.0. The smallest absolute Gasteiger partial charge is 0.231 e. The van der Waals surface area contributed by atoms with Crippen LogP contribution in [0, 0.1) is 5.82 Å². The van der Waals surface area contributed by atoms with Gasteiger partial charge in [0.25, 0.3) is 0 Å². The lowest BCUT2D eigenvalue weighted by Gasteiger charge is -2.06. The molecule has 0 atom stereocenters. The molecule has 4 nitrogen and oxygen atoms in total. The molecule has 0 aliphatic heterocycles. The second kappa shape index (κ2) is 6.28. The first-order valence-electron chi connectivity index (χ1n) is 5.91. The fraction of sp³-hybridized carbons (Fsp3) is 0.308. The van der Waals surface area contributed by atoms with Gasteiger partial charge in [0.2, 0.25) is 5.88 Å². The van der Waals surface area contributed by atoms with Crippen molar-refractivity contribution in [2.45, 2.75) is 6.54 Å². The lowest BCUT2D eigenvalue weighted by atomic mass is 10.3. The summed E-state index contributed by atoms with van der Waals surface area (Å²) in [6.07, 6.45) is 0. The molecule has 0 bridgehead atoms. The van der Waals surface area contributed by atoms with Crippen molar-refractivity contribution in [2.75, 3.05) is 31.4 Å². The summed E-state index contributed by atoms with van der Waals surface area (Å²) in [4.78, 5) is 7.23. The van der Waals surface area contributed by atoms with Crippen LogP contribution in [0.2, 0.25) is 5.02 Å². The van der Waals surface area contributed by atoms with Crippen LogP contribution in [0.4, 0.5) is 15.2 Å². The van der Waals surface area contributed by atoms with E-state index < -0.39 is 5.82 Å². The maximum atomic E-state index is 13.3. The van der Waals surface area contributed by atoms with Crippen LogP contribution in [0.5, 0.6) is 5.88 Å². The Labute approximate surface area is 126 Å². The van der Waals surface area contributed by atoms with E-state index >= 15 is 0 Å². The molecule has 0 radical (unpaired) electrons. The van der Waals surface area contributed by atoms with E-state index in [0.29, 0.717) is 18.1 Å². The fourth-order valence-electron chi connectivity index (χ4n) is 1.58. The average molecular weight is 316 g/mol. The van der Waals surface area contributed by atoms with Gasteiger partial charge in [-0.3, -0.25) is 0 Å². The van der Waals surface area contributed by atoms with E-state index in [0.717, 1.165) is 10.0 Å². The van der Waals surface area contributed by atoms with Gasteiger partial charge in [-0.2, -0.15) is 4.98 Å². The SMILES string of the molecule is COc1nc(N(C)C)sc1CNc1ccc(Cl)c(F)c1. The molecule has 1 heterocycles. The summed E-state index contributed by atoms with van der Waals surface area (Å²) >= 11 is 7.17. The number of rotatable bonds is 5. The molecule has 1 aromatic heterocycles. The van der Waals surface area contributed by atoms with Crippen molar-refractivity contribution < 1.29 is 9.13 Å². The van der Waals surface area contributed by atoms with E-state index in [1.54, 1.807) is 13.2 Å². The number of ether oxygens (including phenoxy) is 1. The van der Waals surface area contributed by atoms with Gasteiger partial charge in [0, 0.05) is 19.8 Å². The number of hydrogen-bond acceptors (Lipinski definition) is 5. The first kappa shape index (κ1) is 14.9. The van der Waals surface area contributed by atoms with Gasteiger partial charge in [-0.1, -0.05) is 22.9 Å². The van der Waals surface area contributed by atoms with E-state index in [4.69, 9.17) is 16.3 Å². The molecule has 1 aromatic carbocycles. The van der Waals surface area contributed by atoms with Gasteiger partial charge in [0.1, 0.15) is 5.82 Å². The Kier molecular flexibility index (Phi) is 4.67. The maximum absolute atomic E-state index is 13.3. The van der Waals surface area contributed by atoms with E-state index in [1.165, 1.54) is 23.5 Å². The number of hydrogen-bond donors (Lipinski definition) is 1. The van der Waals surface area contributed by atoms with Crippen LogP contribution in [0.1, 0.15) is 4.88 Å². The number of nitrogens with zero attached hydrogens (tertiary/aromatic N) is 2. The lowest BCUT2D eigenvalue weighted by molar-refractivity contribution is 0.397. The highest BCUT2D eigenvalue weighted by Gasteiger charge is 2.13. The van der Waals surface area contributed by atoms with Gasteiger partial charge >= 0.3 is 0 Å². The third kappa shape index (κ3) is 3.32. The number of anilines is 2. The molecule has 0 saturated heterocycles. The van der Waals surface area contributed by atoms with Crippen LogP contribution in [-0.4, -0.2) is 26.2 Å². The van der Waals surface area contributed by atoms with Crippen molar-refractivity contribution >= 4 is 33.8 Å². The number of nitrogens with one attached hydrogen (secondary N) is 1. The third-order valence-electron chi connectivity index (χ3n) is 2.60. The molecule has 0 spiro atoms. The van der Waals surface area contributed by atoms with Crippen LogP contribution >= 0.6 is 22.9 Å². The summed E-state index contributed by atoms with van der Waals surface area (Å²) in [5, 5.41) is 4.10. The Bertz CT molecular complexity index is 603. The van der Waals surface area contributed by atoms with Crippen molar-refractivity contribution in [3.05, 3.63) is 33.9 Å². The Morgan fingerprint density at radius 2 is 2.20 bits per heavy atom. The molecular formula is C13H15ClFN3OS. The highest BCUT2D eigenvalue weighted by Crippen LogP contribution is 2.31. The summed E-state index contributed by atoms with van der Waals surface area (Å²) in [5.41, 5.74) is 0.661. The molecule has 20 heavy (non-hydrogen) atoms. The van der Waals surface area contributed by atoms with Crippen LogP contribution in [0.3, 0.4) is 0 Å². The summed E-state index contributed by atoms with van der Waals surface area (Å²) in [6.45, 7) is 0.510. The second-order valence-electron chi connectivity index (χ2n) is 4.31. The molecule has 2 aromatic rings. The molecule has 0 unspecified atom stereocenters. The first-order chi connectivity index (χ1) is 9.51. The molecule has 7 heteroatoms. The molecule has 0 amide bonds. The third-order valence-corrected chi connectivity index (χ3v) is 4.11. The number of thiazole rings is 1. The van der Waals surface area contributed by atoms with E-state index in [-0.39, 0.29) is 5.02 Å². The van der Waals surface area contributed by atoms with E-state index in [2.05, 4.69) is 10.3 Å². The highest BCUT2D eigenvalue weighted by molar-refractivity contribution is 7.15. The molecule has 0 aliphatic carbocycles. The van der Waals surface area contributed by atoms with Crippen LogP contribution in [-0.2, 0) is 6.54 Å². The Hall–Kier alpha value is -1.53. The lowest BCUT2D eigenvalue weighted by Crippen LogP contribution is -2.07. The van der Waals surface area contributed by atoms with Crippen LogP contribution < -0.4 is 15.0 Å². The number of benzene rings is 1. The van der Waals surface area contributed by atoms with Crippen molar-refractivity contribution in [1.29, 1.82) is 0 Å². The fourth-order valence-corrected chi connectivity index (χ4v) is 2.59. The zero-order chi connectivity index (χ0) is 14.7. The second-order valence-corrected chi connectivity index (χ2v) is 5.78. The molecule has 0 saturated carbocycles. The summed E-state index contributed by atoms with van der Waals surface area (Å²) in [6, 6.07) is 4.61. The Morgan fingerprint density at radius 1 is 1.45 bits per heavy atom. The normalized spacial score (nSPS) is 10.4. The number of aromatic nitrogens is 1. The molecule has 108 valence electrons.